The van der Waals surface area contributed by atoms with Crippen LogP contribution in [0.15, 0.2) is 244 Å². The Morgan fingerprint density at radius 2 is 0.486 bits per heavy atom. The van der Waals surface area contributed by atoms with Crippen molar-refractivity contribution < 1.29 is 110 Å². The van der Waals surface area contributed by atoms with E-state index in [4.69, 9.17) is 28.4 Å². The van der Waals surface area contributed by atoms with Crippen molar-refractivity contribution in [2.24, 2.45) is 0 Å². The number of rotatable bonds is 30. The Morgan fingerprint density at radius 3 is 0.705 bits per heavy atom. The van der Waals surface area contributed by atoms with Gasteiger partial charge >= 0.3 is 24.4 Å². The molecule has 0 saturated carbocycles. The van der Waals surface area contributed by atoms with E-state index in [0.717, 1.165) is 98.1 Å². The molecule has 12 aromatic rings. The molecular formula is C108H110F12N14O12. The summed E-state index contributed by atoms with van der Waals surface area (Å²) in [5.74, 6) is -1.50. The summed E-state index contributed by atoms with van der Waals surface area (Å²) in [5.41, 5.74) is 5.63. The molecule has 12 heterocycles. The van der Waals surface area contributed by atoms with Crippen molar-refractivity contribution in [1.82, 2.24) is 71.8 Å². The molecule has 0 radical (unpaired) electrons. The lowest BCUT2D eigenvalue weighted by Gasteiger charge is -2.22. The molecule has 6 aliphatic rings. The predicted molar refractivity (Wildman–Crippen MR) is 513 cm³/mol. The number of nitrogens with zero attached hydrogens (tertiary/aromatic N) is 8. The number of ether oxygens (including phenoxy) is 6. The van der Waals surface area contributed by atoms with Crippen molar-refractivity contribution in [3.8, 4) is 35.0 Å². The summed E-state index contributed by atoms with van der Waals surface area (Å²) < 4.78 is 194. The van der Waals surface area contributed by atoms with Gasteiger partial charge in [-0.15, -0.1) is 0 Å². The molecule has 8 unspecified atom stereocenters. The number of benzene rings is 6. The van der Waals surface area contributed by atoms with Crippen molar-refractivity contribution >= 4 is 34.7 Å². The normalized spacial score (nSPS) is 20.7. The molecule has 0 aliphatic carbocycles. The number of carbonyl (C=O) groups excluding carboxylic acids is 6. The zero-order chi connectivity index (χ0) is 104. The third-order valence-corrected chi connectivity index (χ3v) is 25.2. The van der Waals surface area contributed by atoms with Crippen LogP contribution in [0.3, 0.4) is 0 Å². The zero-order valence-corrected chi connectivity index (χ0v) is 80.5. The van der Waals surface area contributed by atoms with Crippen molar-refractivity contribution in [3.05, 3.63) is 346 Å². The van der Waals surface area contributed by atoms with Crippen LogP contribution in [0.25, 0.3) is 0 Å². The van der Waals surface area contributed by atoms with Gasteiger partial charge in [0.1, 0.15) is 119 Å². The maximum Gasteiger partial charge on any atom is 0.429 e. The Kier molecular flexibility index (Phi) is 38.9. The number of pyridine rings is 4. The van der Waals surface area contributed by atoms with Gasteiger partial charge in [0.15, 0.2) is 0 Å². The Labute approximate surface area is 835 Å². The molecule has 6 aromatic heterocycles. The van der Waals surface area contributed by atoms with E-state index in [9.17, 15) is 81.5 Å². The fourth-order valence-electron chi connectivity index (χ4n) is 17.0. The first kappa shape index (κ1) is 109. The molecule has 6 saturated heterocycles. The van der Waals surface area contributed by atoms with E-state index in [2.05, 4.69) is 71.8 Å². The van der Waals surface area contributed by atoms with Crippen LogP contribution in [0.5, 0.6) is 35.0 Å². The lowest BCUT2D eigenvalue weighted by Crippen LogP contribution is -2.30. The number of ketones is 6. The fraction of sp³-hybridized carbons (Fsp3) is 0.352. The fourth-order valence-corrected chi connectivity index (χ4v) is 17.0. The highest BCUT2D eigenvalue weighted by Gasteiger charge is 2.47. The lowest BCUT2D eigenvalue weighted by molar-refractivity contribution is -0.199. The summed E-state index contributed by atoms with van der Waals surface area (Å²) >= 11 is 0. The number of aromatic nitrogens is 8. The summed E-state index contributed by atoms with van der Waals surface area (Å²) in [6.07, 6.45) is 7.58. The van der Waals surface area contributed by atoms with Gasteiger partial charge in [0, 0.05) is 81.4 Å². The SMILES string of the molecule is CC(=O)C1CCC(c2ccc(OC(c3ccccc3F)C(F)(F)F)cn2)N1.CC(=O)C1CCC(c2ccc(OCc3ccccc3F)cn2)N1.CC(=O)C1CCC(c2cnc(OCc3ccccc3F)nc2)N1.CC(=O)[C@@H]1CC[C@H](c2ccc(OC(c3ccccc3F)C(F)(F)F)cn2)N1.CC(=O)[C@@H]1CC[C@H](c2ccc(OCc3ccccc3F)cn2)N1.CC(=O)[C@@H]1CC[C@H](c2cnc(OCc3ccccc3F)nc2)N1. The number of halogens is 12. The van der Waals surface area contributed by atoms with Gasteiger partial charge in [-0.1, -0.05) is 109 Å². The number of carbonyl (C=O) groups is 6. The van der Waals surface area contributed by atoms with Crippen molar-refractivity contribution in [2.45, 2.75) is 242 Å². The van der Waals surface area contributed by atoms with E-state index in [1.54, 1.807) is 150 Å². The molecule has 0 amide bonds. The maximum atomic E-state index is 13.8. The molecular weight excluding hydrogens is 1910 g/mol. The van der Waals surface area contributed by atoms with Gasteiger partial charge in [-0.3, -0.25) is 70.0 Å². The van der Waals surface area contributed by atoms with Crippen LogP contribution in [0.2, 0.25) is 0 Å². The van der Waals surface area contributed by atoms with Crippen LogP contribution in [0, 0.1) is 34.9 Å². The summed E-state index contributed by atoms with van der Waals surface area (Å²) in [6, 6.07) is 48.2. The lowest BCUT2D eigenvalue weighted by atomic mass is 10.1. The average molecular weight is 2020 g/mol. The molecule has 6 aromatic carbocycles. The number of hydrogen-bond donors (Lipinski definition) is 6. The topological polar surface area (TPSA) is 333 Å². The van der Waals surface area contributed by atoms with Gasteiger partial charge in [-0.05, 0) is 204 Å². The van der Waals surface area contributed by atoms with Crippen LogP contribution in [0.4, 0.5) is 52.7 Å². The van der Waals surface area contributed by atoms with Gasteiger partial charge in [0.25, 0.3) is 0 Å². The molecule has 38 heteroatoms. The molecule has 6 N–H and O–H groups in total. The zero-order valence-electron chi connectivity index (χ0n) is 80.5. The highest BCUT2D eigenvalue weighted by atomic mass is 19.4. The standard InChI is InChI=1S/2C19H18F4N2O2.2C18H19FN2O2.2C17H18FN3O2/c2*1-11(26)15-8-9-17(25-15)16-7-6-12(10-24-16)27-18(19(21,22)23)13-4-2-3-5-14(13)20;2*1-12(22)16-8-9-18(21-16)17-7-6-14(10-20-17)23-11-13-4-2-3-5-15(13)19;2*1-11(22)15-6-7-16(21-15)13-8-19-17(20-9-13)23-10-12-4-2-3-5-14(12)18/h2*2-7,10,15,17-18,25H,8-9H2,1H3;2*2-7,10,16,18,21H,8-9,11H2,1H3;2*2-5,8-9,15-16,21H,6-7,10H2,1H3/t15-,17+,18?;;16-,18+;;15-,16+;/m0.0.0./s1. The van der Waals surface area contributed by atoms with Crippen LogP contribution in [0.1, 0.15) is 234 Å². The first-order valence-electron chi connectivity index (χ1n) is 47.5. The quantitative estimate of drug-likeness (QED) is 0.0228. The van der Waals surface area contributed by atoms with Gasteiger partial charge in [0.2, 0.25) is 12.2 Å². The second kappa shape index (κ2) is 52.0. The summed E-state index contributed by atoms with van der Waals surface area (Å²) in [6.45, 7) is 9.91. The summed E-state index contributed by atoms with van der Waals surface area (Å²) in [4.78, 5) is 102. The van der Waals surface area contributed by atoms with E-state index < -0.39 is 47.3 Å². The van der Waals surface area contributed by atoms with Crippen molar-refractivity contribution in [3.63, 3.8) is 0 Å². The average Bonchev–Trinajstić information content (AvgIpc) is 1.16. The number of hydrogen-bond acceptors (Lipinski definition) is 26. The predicted octanol–water partition coefficient (Wildman–Crippen LogP) is 20.1. The Bertz CT molecular complexity index is 5710. The third-order valence-electron chi connectivity index (χ3n) is 25.2. The number of Topliss-reactive ketones (excluding diaryl/α,β-unsaturated/α-hetero) is 6. The first-order chi connectivity index (χ1) is 70.0. The van der Waals surface area contributed by atoms with Gasteiger partial charge < -0.3 is 39.1 Å². The number of nitrogens with one attached hydrogen (secondary N) is 6. The molecule has 6 aliphatic heterocycles. The Hall–Kier alpha value is -14.2. The summed E-state index contributed by atoms with van der Waals surface area (Å²) in [5, 5.41) is 19.4. The minimum atomic E-state index is -4.79. The van der Waals surface area contributed by atoms with Gasteiger partial charge in [-0.25, -0.2) is 46.3 Å². The molecule has 6 fully saturated rings. The van der Waals surface area contributed by atoms with E-state index >= 15 is 0 Å². The van der Waals surface area contributed by atoms with Crippen LogP contribution < -0.4 is 60.3 Å². The third kappa shape index (κ3) is 31.4. The van der Waals surface area contributed by atoms with Gasteiger partial charge in [-0.2, -0.15) is 26.3 Å². The van der Waals surface area contributed by atoms with Crippen LogP contribution in [-0.4, -0.2) is 123 Å². The molecule has 0 bridgehead atoms. The minimum absolute atomic E-state index is 0.0374. The molecule has 0 spiro atoms. The number of alkyl halides is 6. The molecule has 14 atom stereocenters. The Morgan fingerprint density at radius 1 is 0.267 bits per heavy atom. The second-order valence-electron chi connectivity index (χ2n) is 35.7. The highest BCUT2D eigenvalue weighted by molar-refractivity contribution is 5.84. The van der Waals surface area contributed by atoms with Gasteiger partial charge in [0.05, 0.1) is 108 Å². The molecule has 26 nitrogen and oxygen atoms in total. The van der Waals surface area contributed by atoms with E-state index in [1.807, 2.05) is 24.3 Å². The van der Waals surface area contributed by atoms with Crippen LogP contribution >= 0.6 is 0 Å². The second-order valence-corrected chi connectivity index (χ2v) is 35.7. The van der Waals surface area contributed by atoms with E-state index in [1.165, 1.54) is 86.9 Å². The highest BCUT2D eigenvalue weighted by Crippen LogP contribution is 2.42. The first-order valence-corrected chi connectivity index (χ1v) is 47.5. The van der Waals surface area contributed by atoms with E-state index in [0.29, 0.717) is 70.8 Å². The molecule has 18 rings (SSSR count). The monoisotopic (exact) mass is 2020 g/mol. The van der Waals surface area contributed by atoms with Crippen molar-refractivity contribution in [1.29, 1.82) is 0 Å². The maximum absolute atomic E-state index is 13.8. The molecule has 768 valence electrons. The van der Waals surface area contributed by atoms with E-state index in [-0.39, 0.29) is 180 Å². The smallest absolute Gasteiger partial charge is 0.429 e. The summed E-state index contributed by atoms with van der Waals surface area (Å²) in [7, 11) is 0. The molecule has 146 heavy (non-hydrogen) atoms. The van der Waals surface area contributed by atoms with Crippen molar-refractivity contribution in [2.75, 3.05) is 0 Å². The minimum Gasteiger partial charge on any atom is -0.487 e. The van der Waals surface area contributed by atoms with Crippen LogP contribution in [-0.2, 0) is 55.2 Å². The Balaban J connectivity index is 0.000000147. The largest absolute Gasteiger partial charge is 0.487 e.